The molecule has 2 aliphatic rings. The first-order chi connectivity index (χ1) is 14.7. The zero-order valence-corrected chi connectivity index (χ0v) is 21.0. The maximum atomic E-state index is 13.4. The Morgan fingerprint density at radius 2 is 1.97 bits per heavy atom. The summed E-state index contributed by atoms with van der Waals surface area (Å²) in [7, 11) is 3.55. The van der Waals surface area contributed by atoms with Crippen LogP contribution in [0.1, 0.15) is 24.4 Å². The first kappa shape index (κ1) is 26.2. The van der Waals surface area contributed by atoms with Crippen LogP contribution in [0.3, 0.4) is 0 Å². The fraction of sp³-hybridized carbons (Fsp3) is 0.682. The van der Waals surface area contributed by atoms with Gasteiger partial charge >= 0.3 is 0 Å². The number of rotatable bonds is 9. The van der Waals surface area contributed by atoms with Crippen LogP contribution < -0.4 is 10.6 Å². The standard InChI is InChI=1S/C22H36FN5O2.HI/c1-24-22(25-16-20-4-3-9-27(20)10-13-29-2)26-17-21(28-11-14-30-15-12-28)18-5-7-19(23)8-6-18;/h5-8,20-21H,3-4,9-17H2,1-2H3,(H2,24,25,26);1H. The third-order valence-electron chi connectivity index (χ3n) is 6.01. The lowest BCUT2D eigenvalue weighted by molar-refractivity contribution is 0.0170. The SMILES string of the molecule is CN=C(NCC1CCCN1CCOC)NCC(c1ccc(F)cc1)N1CCOCC1.I. The van der Waals surface area contributed by atoms with Gasteiger partial charge in [0.25, 0.3) is 0 Å². The van der Waals surface area contributed by atoms with Crippen molar-refractivity contribution in [2.75, 3.05) is 73.2 Å². The van der Waals surface area contributed by atoms with Gasteiger partial charge in [0, 0.05) is 52.9 Å². The number of hydrogen-bond acceptors (Lipinski definition) is 5. The molecule has 0 radical (unpaired) electrons. The first-order valence-corrected chi connectivity index (χ1v) is 11.0. The van der Waals surface area contributed by atoms with Crippen molar-refractivity contribution in [3.63, 3.8) is 0 Å². The molecule has 31 heavy (non-hydrogen) atoms. The van der Waals surface area contributed by atoms with Crippen molar-refractivity contribution in [2.24, 2.45) is 4.99 Å². The Hall–Kier alpha value is -1.01. The van der Waals surface area contributed by atoms with Crippen LogP contribution in [-0.4, -0.2) is 95.0 Å². The number of methoxy groups -OCH3 is 1. The third kappa shape index (κ3) is 8.12. The predicted octanol–water partition coefficient (Wildman–Crippen LogP) is 2.09. The van der Waals surface area contributed by atoms with Gasteiger partial charge < -0.3 is 20.1 Å². The van der Waals surface area contributed by atoms with E-state index in [9.17, 15) is 4.39 Å². The van der Waals surface area contributed by atoms with Crippen molar-refractivity contribution < 1.29 is 13.9 Å². The average Bonchev–Trinajstić information content (AvgIpc) is 3.23. The maximum Gasteiger partial charge on any atom is 0.191 e. The molecule has 0 bridgehead atoms. The molecule has 3 rings (SSSR count). The van der Waals surface area contributed by atoms with Crippen molar-refractivity contribution >= 4 is 29.9 Å². The highest BCUT2D eigenvalue weighted by molar-refractivity contribution is 14.0. The predicted molar refractivity (Wildman–Crippen MR) is 133 cm³/mol. The van der Waals surface area contributed by atoms with Gasteiger partial charge in [-0.2, -0.15) is 0 Å². The molecule has 0 aromatic heterocycles. The van der Waals surface area contributed by atoms with E-state index in [1.165, 1.54) is 25.0 Å². The van der Waals surface area contributed by atoms with Gasteiger partial charge in [-0.1, -0.05) is 12.1 Å². The normalized spacial score (nSPS) is 21.5. The molecule has 2 saturated heterocycles. The highest BCUT2D eigenvalue weighted by Crippen LogP contribution is 2.22. The molecule has 2 fully saturated rings. The number of likely N-dealkylation sites (tertiary alicyclic amines) is 1. The fourth-order valence-corrected chi connectivity index (χ4v) is 4.29. The van der Waals surface area contributed by atoms with Crippen LogP contribution in [0.5, 0.6) is 0 Å². The van der Waals surface area contributed by atoms with Crippen LogP contribution in [0.2, 0.25) is 0 Å². The molecule has 0 amide bonds. The van der Waals surface area contributed by atoms with Gasteiger partial charge in [0.15, 0.2) is 5.96 Å². The molecule has 2 aliphatic heterocycles. The average molecular weight is 549 g/mol. The molecular weight excluding hydrogens is 512 g/mol. The van der Waals surface area contributed by atoms with E-state index in [0.717, 1.165) is 64.1 Å². The minimum absolute atomic E-state index is 0. The molecule has 0 saturated carbocycles. The third-order valence-corrected chi connectivity index (χ3v) is 6.01. The molecule has 0 spiro atoms. The summed E-state index contributed by atoms with van der Waals surface area (Å²) in [6.45, 7) is 7.61. The van der Waals surface area contributed by atoms with Gasteiger partial charge in [0.2, 0.25) is 0 Å². The van der Waals surface area contributed by atoms with Crippen LogP contribution in [0, 0.1) is 5.82 Å². The summed E-state index contributed by atoms with van der Waals surface area (Å²) >= 11 is 0. The minimum Gasteiger partial charge on any atom is -0.383 e. The van der Waals surface area contributed by atoms with Crippen molar-refractivity contribution in [3.05, 3.63) is 35.6 Å². The van der Waals surface area contributed by atoms with E-state index in [2.05, 4.69) is 25.4 Å². The monoisotopic (exact) mass is 549 g/mol. The van der Waals surface area contributed by atoms with Crippen LogP contribution in [0.4, 0.5) is 4.39 Å². The molecular formula is C22H37FIN5O2. The molecule has 2 unspecified atom stereocenters. The van der Waals surface area contributed by atoms with Gasteiger partial charge in [0.1, 0.15) is 5.82 Å². The number of guanidine groups is 1. The van der Waals surface area contributed by atoms with Gasteiger partial charge in [-0.25, -0.2) is 4.39 Å². The van der Waals surface area contributed by atoms with E-state index in [-0.39, 0.29) is 35.8 Å². The molecule has 1 aromatic carbocycles. The summed E-state index contributed by atoms with van der Waals surface area (Å²) in [5.74, 6) is 0.591. The largest absolute Gasteiger partial charge is 0.383 e. The number of hydrogen-bond donors (Lipinski definition) is 2. The van der Waals surface area contributed by atoms with Gasteiger partial charge in [-0.15, -0.1) is 24.0 Å². The summed E-state index contributed by atoms with van der Waals surface area (Å²) in [5, 5.41) is 6.97. The van der Waals surface area contributed by atoms with Crippen molar-refractivity contribution in [1.29, 1.82) is 0 Å². The van der Waals surface area contributed by atoms with Crippen molar-refractivity contribution in [3.8, 4) is 0 Å². The van der Waals surface area contributed by atoms with E-state index in [4.69, 9.17) is 9.47 Å². The molecule has 2 atom stereocenters. The number of aliphatic imine (C=N–C) groups is 1. The number of morpholine rings is 1. The Labute approximate surface area is 202 Å². The zero-order chi connectivity index (χ0) is 21.2. The highest BCUT2D eigenvalue weighted by atomic mass is 127. The summed E-state index contributed by atoms with van der Waals surface area (Å²) in [6.07, 6.45) is 2.42. The lowest BCUT2D eigenvalue weighted by Crippen LogP contribution is -2.48. The quantitative estimate of drug-likeness (QED) is 0.280. The Balaban J connectivity index is 0.00000341. The van der Waals surface area contributed by atoms with Crippen LogP contribution in [0.25, 0.3) is 0 Å². The van der Waals surface area contributed by atoms with Gasteiger partial charge in [0.05, 0.1) is 25.9 Å². The molecule has 2 N–H and O–H groups in total. The second kappa shape index (κ2) is 14.2. The molecule has 176 valence electrons. The van der Waals surface area contributed by atoms with Gasteiger partial charge in [-0.3, -0.25) is 14.8 Å². The summed E-state index contributed by atoms with van der Waals surface area (Å²) in [6, 6.07) is 7.46. The topological polar surface area (TPSA) is 61.4 Å². The number of halogens is 2. The lowest BCUT2D eigenvalue weighted by Gasteiger charge is -2.35. The van der Waals surface area contributed by atoms with E-state index >= 15 is 0 Å². The number of nitrogens with one attached hydrogen (secondary N) is 2. The number of benzene rings is 1. The van der Waals surface area contributed by atoms with E-state index in [1.54, 1.807) is 14.2 Å². The minimum atomic E-state index is -0.209. The van der Waals surface area contributed by atoms with E-state index < -0.39 is 0 Å². The summed E-state index contributed by atoms with van der Waals surface area (Å²) in [5.41, 5.74) is 1.10. The highest BCUT2D eigenvalue weighted by Gasteiger charge is 2.25. The molecule has 7 nitrogen and oxygen atoms in total. The summed E-state index contributed by atoms with van der Waals surface area (Å²) < 4.78 is 24.2. The van der Waals surface area contributed by atoms with Gasteiger partial charge in [-0.05, 0) is 37.1 Å². The maximum absolute atomic E-state index is 13.4. The van der Waals surface area contributed by atoms with Crippen LogP contribution in [-0.2, 0) is 9.47 Å². The molecule has 9 heteroatoms. The smallest absolute Gasteiger partial charge is 0.191 e. The zero-order valence-electron chi connectivity index (χ0n) is 18.7. The first-order valence-electron chi connectivity index (χ1n) is 11.0. The lowest BCUT2D eigenvalue weighted by atomic mass is 10.0. The fourth-order valence-electron chi connectivity index (χ4n) is 4.29. The second-order valence-electron chi connectivity index (χ2n) is 7.87. The second-order valence-corrected chi connectivity index (χ2v) is 7.87. The summed E-state index contributed by atoms with van der Waals surface area (Å²) in [4.78, 5) is 9.28. The van der Waals surface area contributed by atoms with Crippen LogP contribution in [0.15, 0.2) is 29.3 Å². The molecule has 1 aromatic rings. The van der Waals surface area contributed by atoms with Crippen molar-refractivity contribution in [2.45, 2.75) is 24.9 Å². The Morgan fingerprint density at radius 3 is 2.65 bits per heavy atom. The Morgan fingerprint density at radius 1 is 1.23 bits per heavy atom. The number of ether oxygens (including phenoxy) is 2. The van der Waals surface area contributed by atoms with Crippen LogP contribution >= 0.6 is 24.0 Å². The molecule has 2 heterocycles. The Bertz CT molecular complexity index is 658. The van der Waals surface area contributed by atoms with E-state index in [0.29, 0.717) is 12.6 Å². The van der Waals surface area contributed by atoms with E-state index in [1.807, 2.05) is 12.1 Å². The van der Waals surface area contributed by atoms with Crippen molar-refractivity contribution in [1.82, 2.24) is 20.4 Å². The molecule has 0 aliphatic carbocycles. The Kier molecular flexibility index (Phi) is 12.0. The number of nitrogens with zero attached hydrogens (tertiary/aromatic N) is 3.